The fourth-order valence-electron chi connectivity index (χ4n) is 1.08. The van der Waals surface area contributed by atoms with E-state index in [1.54, 1.807) is 0 Å². The van der Waals surface area contributed by atoms with Crippen LogP contribution in [0.15, 0.2) is 23.1 Å². The van der Waals surface area contributed by atoms with Gasteiger partial charge in [-0.1, -0.05) is 11.6 Å². The van der Waals surface area contributed by atoms with E-state index < -0.39 is 38.9 Å². The molecule has 0 fully saturated rings. The van der Waals surface area contributed by atoms with Crippen molar-refractivity contribution in [1.29, 1.82) is 0 Å². The zero-order valence-electron chi connectivity index (χ0n) is 9.72. The van der Waals surface area contributed by atoms with Crippen molar-refractivity contribution in [2.24, 2.45) is 0 Å². The summed E-state index contributed by atoms with van der Waals surface area (Å²) in [7, 11) is -4.28. The molecule has 9 heteroatoms. The highest BCUT2D eigenvalue weighted by Crippen LogP contribution is 2.19. The Morgan fingerprint density at radius 2 is 2.11 bits per heavy atom. The molecule has 0 aromatic heterocycles. The molecule has 0 spiro atoms. The highest BCUT2D eigenvalue weighted by atomic mass is 35.5. The number of halogens is 2. The highest BCUT2D eigenvalue weighted by molar-refractivity contribution is 7.89. The van der Waals surface area contributed by atoms with Gasteiger partial charge >= 0.3 is 5.97 Å². The lowest BCUT2D eigenvalue weighted by atomic mass is 10.1. The molecule has 0 saturated heterocycles. The van der Waals surface area contributed by atoms with Crippen molar-refractivity contribution in [3.8, 4) is 0 Å². The molecule has 0 aliphatic carbocycles. The zero-order chi connectivity index (χ0) is 14.8. The molecule has 1 aromatic carbocycles. The summed E-state index contributed by atoms with van der Waals surface area (Å²) in [5, 5.41) is 18.0. The largest absolute Gasteiger partial charge is 0.479 e. The number of nitrogens with one attached hydrogen (secondary N) is 1. The van der Waals surface area contributed by atoms with Crippen molar-refractivity contribution in [2.75, 3.05) is 6.54 Å². The van der Waals surface area contributed by atoms with Crippen LogP contribution in [0.5, 0.6) is 0 Å². The molecule has 0 aliphatic heterocycles. The van der Waals surface area contributed by atoms with Crippen LogP contribution in [0.25, 0.3) is 0 Å². The molecule has 1 rings (SSSR count). The molecule has 3 N–H and O–H groups in total. The van der Waals surface area contributed by atoms with Crippen molar-refractivity contribution in [3.05, 3.63) is 29.0 Å². The van der Waals surface area contributed by atoms with Crippen LogP contribution >= 0.6 is 11.6 Å². The number of sulfonamides is 1. The fourth-order valence-corrected chi connectivity index (χ4v) is 2.43. The number of carboxylic acid groups (broad SMARTS) is 1. The maximum absolute atomic E-state index is 13.4. The van der Waals surface area contributed by atoms with Gasteiger partial charge in [-0.05, 0) is 25.1 Å². The average Bonchev–Trinajstić information content (AvgIpc) is 2.26. The number of hydrogen-bond donors (Lipinski definition) is 3. The van der Waals surface area contributed by atoms with E-state index in [1.165, 1.54) is 6.07 Å². The van der Waals surface area contributed by atoms with Gasteiger partial charge in [-0.2, -0.15) is 0 Å². The van der Waals surface area contributed by atoms with Crippen LogP contribution in [0, 0.1) is 5.82 Å². The van der Waals surface area contributed by atoms with E-state index in [0.717, 1.165) is 19.1 Å². The van der Waals surface area contributed by atoms with Gasteiger partial charge in [-0.15, -0.1) is 0 Å². The van der Waals surface area contributed by atoms with Crippen molar-refractivity contribution in [1.82, 2.24) is 4.72 Å². The third kappa shape index (κ3) is 3.87. The molecule has 6 nitrogen and oxygen atoms in total. The van der Waals surface area contributed by atoms with Crippen LogP contribution in [0.1, 0.15) is 6.92 Å². The van der Waals surface area contributed by atoms with E-state index >= 15 is 0 Å². The van der Waals surface area contributed by atoms with E-state index in [4.69, 9.17) is 16.7 Å². The fraction of sp³-hybridized carbons (Fsp3) is 0.300. The van der Waals surface area contributed by atoms with Gasteiger partial charge in [0.1, 0.15) is 10.7 Å². The molecule has 0 radical (unpaired) electrons. The first-order valence-electron chi connectivity index (χ1n) is 4.97. The predicted molar refractivity (Wildman–Crippen MR) is 64.9 cm³/mol. The van der Waals surface area contributed by atoms with Crippen LogP contribution < -0.4 is 4.72 Å². The summed E-state index contributed by atoms with van der Waals surface area (Å²) >= 11 is 5.49. The van der Waals surface area contributed by atoms with Crippen LogP contribution in [-0.4, -0.2) is 36.7 Å². The van der Waals surface area contributed by atoms with Gasteiger partial charge in [-0.3, -0.25) is 0 Å². The second kappa shape index (κ2) is 5.41. The minimum absolute atomic E-state index is 0.0222. The number of aliphatic hydroxyl groups is 1. The van der Waals surface area contributed by atoms with Crippen LogP contribution in [0.4, 0.5) is 4.39 Å². The van der Waals surface area contributed by atoms with Gasteiger partial charge < -0.3 is 10.2 Å². The molecule has 1 unspecified atom stereocenters. The second-order valence-electron chi connectivity index (χ2n) is 3.98. The predicted octanol–water partition coefficient (Wildman–Crippen LogP) is 0.593. The lowest BCUT2D eigenvalue weighted by Gasteiger charge is -2.18. The Balaban J connectivity index is 2.97. The molecule has 106 valence electrons. The van der Waals surface area contributed by atoms with Gasteiger partial charge in [0.15, 0.2) is 5.60 Å². The monoisotopic (exact) mass is 311 g/mol. The van der Waals surface area contributed by atoms with Crippen molar-refractivity contribution in [2.45, 2.75) is 17.4 Å². The van der Waals surface area contributed by atoms with Crippen LogP contribution in [0.3, 0.4) is 0 Å². The van der Waals surface area contributed by atoms with Gasteiger partial charge in [0, 0.05) is 5.02 Å². The highest BCUT2D eigenvalue weighted by Gasteiger charge is 2.32. The van der Waals surface area contributed by atoms with Gasteiger partial charge in [-0.25, -0.2) is 22.3 Å². The summed E-state index contributed by atoms with van der Waals surface area (Å²) < 4.78 is 38.7. The molecular formula is C10H11ClFNO5S. The standard InChI is InChI=1S/C10H11ClFNO5S/c1-10(16,9(14)15)5-13-19(17,18)8-3-2-6(11)4-7(8)12/h2-4,13,16H,5H2,1H3,(H,14,15). The summed E-state index contributed by atoms with van der Waals surface area (Å²) in [6, 6.07) is 2.93. The van der Waals surface area contributed by atoms with Gasteiger partial charge in [0.25, 0.3) is 0 Å². The van der Waals surface area contributed by atoms with E-state index in [1.807, 2.05) is 4.72 Å². The minimum Gasteiger partial charge on any atom is -0.479 e. The first kappa shape index (κ1) is 15.8. The van der Waals surface area contributed by atoms with E-state index in [9.17, 15) is 22.7 Å². The summed E-state index contributed by atoms with van der Waals surface area (Å²) in [6.45, 7) is 0.114. The topological polar surface area (TPSA) is 104 Å². The maximum atomic E-state index is 13.4. The zero-order valence-corrected chi connectivity index (χ0v) is 11.3. The minimum atomic E-state index is -4.28. The number of hydrogen-bond acceptors (Lipinski definition) is 4. The number of benzene rings is 1. The Labute approximate surface area is 113 Å². The summed E-state index contributed by atoms with van der Waals surface area (Å²) in [5.41, 5.74) is -2.30. The summed E-state index contributed by atoms with van der Waals surface area (Å²) in [5.74, 6) is -2.68. The van der Waals surface area contributed by atoms with Crippen molar-refractivity contribution in [3.63, 3.8) is 0 Å². The molecule has 0 saturated carbocycles. The van der Waals surface area contributed by atoms with Crippen molar-refractivity contribution < 1.29 is 27.8 Å². The Morgan fingerprint density at radius 1 is 1.53 bits per heavy atom. The lowest BCUT2D eigenvalue weighted by molar-refractivity contribution is -0.155. The third-order valence-corrected chi connectivity index (χ3v) is 3.92. The number of rotatable bonds is 5. The summed E-state index contributed by atoms with van der Waals surface area (Å²) in [4.78, 5) is 9.93. The molecular weight excluding hydrogens is 301 g/mol. The Bertz CT molecular complexity index is 602. The third-order valence-electron chi connectivity index (χ3n) is 2.25. The smallest absolute Gasteiger partial charge is 0.336 e. The summed E-state index contributed by atoms with van der Waals surface area (Å²) in [6.07, 6.45) is 0. The molecule has 1 aromatic rings. The van der Waals surface area contributed by atoms with E-state index in [2.05, 4.69) is 0 Å². The molecule has 19 heavy (non-hydrogen) atoms. The first-order valence-corrected chi connectivity index (χ1v) is 6.83. The van der Waals surface area contributed by atoms with E-state index in [-0.39, 0.29) is 5.02 Å². The van der Waals surface area contributed by atoms with E-state index in [0.29, 0.717) is 0 Å². The Kier molecular flexibility index (Phi) is 4.51. The van der Waals surface area contributed by atoms with Gasteiger partial charge in [0.2, 0.25) is 10.0 Å². The maximum Gasteiger partial charge on any atom is 0.336 e. The van der Waals surface area contributed by atoms with Crippen molar-refractivity contribution >= 4 is 27.6 Å². The number of aliphatic carboxylic acids is 1. The van der Waals surface area contributed by atoms with Crippen LogP contribution in [-0.2, 0) is 14.8 Å². The van der Waals surface area contributed by atoms with Crippen LogP contribution in [0.2, 0.25) is 5.02 Å². The van der Waals surface area contributed by atoms with Gasteiger partial charge in [0.05, 0.1) is 6.54 Å². The molecule has 1 atom stereocenters. The molecule has 0 amide bonds. The number of carbonyl (C=O) groups is 1. The quantitative estimate of drug-likeness (QED) is 0.738. The second-order valence-corrected chi connectivity index (χ2v) is 6.15. The normalized spacial score (nSPS) is 14.9. The first-order chi connectivity index (χ1) is 8.56. The molecule has 0 bridgehead atoms. The lowest BCUT2D eigenvalue weighted by Crippen LogP contribution is -2.46. The molecule has 0 heterocycles. The number of carboxylic acids is 1. The Morgan fingerprint density at radius 3 is 2.58 bits per heavy atom. The Hall–Kier alpha value is -1.22. The molecule has 0 aliphatic rings. The SMILES string of the molecule is CC(O)(CNS(=O)(=O)c1ccc(Cl)cc1F)C(=O)O. The average molecular weight is 312 g/mol.